The largest absolute Gasteiger partial charge is 0.486 e. The Bertz CT molecular complexity index is 1360. The predicted octanol–water partition coefficient (Wildman–Crippen LogP) is 1.91. The Balaban J connectivity index is 1.17. The molecule has 2 saturated heterocycles. The molecular weight excluding hydrogens is 520 g/mol. The quantitative estimate of drug-likeness (QED) is 0.530. The van der Waals surface area contributed by atoms with Crippen molar-refractivity contribution in [2.45, 2.75) is 71.2 Å². The number of nitrogens with one attached hydrogen (secondary N) is 1. The van der Waals surface area contributed by atoms with Crippen LogP contribution < -0.4 is 10.1 Å². The fourth-order valence-corrected chi connectivity index (χ4v) is 5.14. The molecule has 4 heterocycles. The van der Waals surface area contributed by atoms with Crippen LogP contribution >= 0.6 is 0 Å². The van der Waals surface area contributed by atoms with Gasteiger partial charge in [0.15, 0.2) is 0 Å². The highest BCUT2D eigenvalue weighted by atomic mass is 16.6. The van der Waals surface area contributed by atoms with E-state index in [2.05, 4.69) is 15.6 Å². The topological polar surface area (TPSA) is 153 Å². The molecule has 1 aromatic heterocycles. The predicted molar refractivity (Wildman–Crippen MR) is 138 cm³/mol. The smallest absolute Gasteiger partial charge is 0.410 e. The summed E-state index contributed by atoms with van der Waals surface area (Å²) in [6, 6.07) is 3.65. The first-order valence-electron chi connectivity index (χ1n) is 13.3. The van der Waals surface area contributed by atoms with Crippen LogP contribution in [0.3, 0.4) is 0 Å². The van der Waals surface area contributed by atoms with E-state index in [1.807, 2.05) is 20.8 Å². The highest BCUT2D eigenvalue weighted by Gasteiger charge is 2.46. The van der Waals surface area contributed by atoms with Crippen molar-refractivity contribution in [1.82, 2.24) is 30.1 Å². The molecule has 3 aliphatic heterocycles. The van der Waals surface area contributed by atoms with Crippen LogP contribution in [0.1, 0.15) is 72.9 Å². The summed E-state index contributed by atoms with van der Waals surface area (Å²) in [6.07, 6.45) is 3.24. The zero-order chi connectivity index (χ0) is 28.6. The van der Waals surface area contributed by atoms with Gasteiger partial charge in [0.2, 0.25) is 11.8 Å². The van der Waals surface area contributed by atoms with Crippen LogP contribution in [0.25, 0.3) is 0 Å². The summed E-state index contributed by atoms with van der Waals surface area (Å²) in [7, 11) is 0. The Hall–Kier alpha value is -4.29. The molecule has 5 rings (SSSR count). The van der Waals surface area contributed by atoms with Gasteiger partial charge in [-0.05, 0) is 58.1 Å². The van der Waals surface area contributed by atoms with E-state index < -0.39 is 35.3 Å². The lowest BCUT2D eigenvalue weighted by atomic mass is 9.97. The van der Waals surface area contributed by atoms with Crippen molar-refractivity contribution in [3.05, 3.63) is 41.2 Å². The van der Waals surface area contributed by atoms with Gasteiger partial charge >= 0.3 is 6.09 Å². The van der Waals surface area contributed by atoms with E-state index in [0.29, 0.717) is 31.2 Å². The Morgan fingerprint density at radius 3 is 2.52 bits per heavy atom. The monoisotopic (exact) mass is 552 g/mol. The first-order chi connectivity index (χ1) is 19.0. The molecule has 1 unspecified atom stereocenters. The third kappa shape index (κ3) is 5.68. The molecule has 5 amide bonds. The van der Waals surface area contributed by atoms with Crippen LogP contribution in [-0.2, 0) is 27.5 Å². The molecule has 0 spiro atoms. The summed E-state index contributed by atoms with van der Waals surface area (Å²) in [4.78, 5) is 65.0. The minimum atomic E-state index is -1.05. The first kappa shape index (κ1) is 27.3. The van der Waals surface area contributed by atoms with Crippen LogP contribution in [0.4, 0.5) is 4.79 Å². The highest BCUT2D eigenvalue weighted by molar-refractivity contribution is 6.24. The maximum atomic E-state index is 13.2. The molecule has 0 saturated carbocycles. The maximum absolute atomic E-state index is 13.2. The van der Waals surface area contributed by atoms with E-state index in [1.54, 1.807) is 27.9 Å². The lowest BCUT2D eigenvalue weighted by molar-refractivity contribution is -0.136. The molecule has 13 heteroatoms. The van der Waals surface area contributed by atoms with Crippen molar-refractivity contribution >= 4 is 29.7 Å². The molecule has 1 aromatic carbocycles. The van der Waals surface area contributed by atoms with Crippen molar-refractivity contribution in [2.24, 2.45) is 5.92 Å². The Morgan fingerprint density at radius 1 is 1.07 bits per heavy atom. The van der Waals surface area contributed by atoms with Crippen molar-refractivity contribution in [1.29, 1.82) is 0 Å². The second-order valence-electron chi connectivity index (χ2n) is 11.3. The van der Waals surface area contributed by atoms with Gasteiger partial charge in [0, 0.05) is 26.1 Å². The summed E-state index contributed by atoms with van der Waals surface area (Å²) in [5, 5.41) is 10.5. The van der Waals surface area contributed by atoms with Crippen molar-refractivity contribution < 1.29 is 33.4 Å². The number of fused-ring (bicyclic) bond motifs is 1. The van der Waals surface area contributed by atoms with E-state index in [9.17, 15) is 24.0 Å². The molecule has 0 bridgehead atoms. The number of carbonyl (C=O) groups is 5. The highest BCUT2D eigenvalue weighted by Crippen LogP contribution is 2.34. The minimum Gasteiger partial charge on any atom is -0.486 e. The van der Waals surface area contributed by atoms with Gasteiger partial charge in [0.1, 0.15) is 29.7 Å². The fraction of sp³-hybridized carbons (Fsp3) is 0.519. The average molecular weight is 553 g/mol. The van der Waals surface area contributed by atoms with Crippen LogP contribution in [0, 0.1) is 5.92 Å². The zero-order valence-corrected chi connectivity index (χ0v) is 22.7. The van der Waals surface area contributed by atoms with Crippen LogP contribution in [0.5, 0.6) is 5.75 Å². The molecule has 2 aromatic rings. The SMILES string of the molecule is CC(C)(C)OC(=O)N1CCC(Cn2cc(COc3cccc4c3C(=O)N(C3CCC(=O)NC3=O)C4=O)nn2)CC1. The Kier molecular flexibility index (Phi) is 7.30. The van der Waals surface area contributed by atoms with E-state index >= 15 is 0 Å². The summed E-state index contributed by atoms with van der Waals surface area (Å²) < 4.78 is 13.1. The zero-order valence-electron chi connectivity index (χ0n) is 22.7. The second-order valence-corrected chi connectivity index (χ2v) is 11.3. The molecule has 2 fully saturated rings. The van der Waals surface area contributed by atoms with Gasteiger partial charge in [-0.25, -0.2) is 4.79 Å². The molecule has 3 aliphatic rings. The number of rotatable bonds is 6. The van der Waals surface area contributed by atoms with Gasteiger partial charge < -0.3 is 14.4 Å². The number of hydrogen-bond acceptors (Lipinski definition) is 9. The summed E-state index contributed by atoms with van der Waals surface area (Å²) in [5.74, 6) is -1.79. The van der Waals surface area contributed by atoms with Crippen molar-refractivity contribution in [3.63, 3.8) is 0 Å². The summed E-state index contributed by atoms with van der Waals surface area (Å²) >= 11 is 0. The van der Waals surface area contributed by atoms with E-state index in [-0.39, 0.29) is 42.4 Å². The van der Waals surface area contributed by atoms with Crippen molar-refractivity contribution in [2.75, 3.05) is 13.1 Å². The number of benzene rings is 1. The van der Waals surface area contributed by atoms with Crippen LogP contribution in [-0.4, -0.2) is 79.2 Å². The standard InChI is InChI=1S/C27H32N6O7/c1-27(2,3)40-26(38)31-11-9-16(10-12-31)13-32-14-17(29-30-32)15-39-20-6-4-5-18-22(20)25(37)33(24(18)36)19-7-8-21(34)28-23(19)35/h4-6,14,16,19H,7-13,15H2,1-3H3,(H,28,34,35). The van der Waals surface area contributed by atoms with Crippen molar-refractivity contribution in [3.8, 4) is 5.75 Å². The van der Waals surface area contributed by atoms with E-state index in [1.165, 1.54) is 6.07 Å². The van der Waals surface area contributed by atoms with E-state index in [4.69, 9.17) is 9.47 Å². The van der Waals surface area contributed by atoms with Gasteiger partial charge in [-0.15, -0.1) is 5.10 Å². The lowest BCUT2D eigenvalue weighted by Gasteiger charge is -2.33. The number of ether oxygens (including phenoxy) is 2. The third-order valence-electron chi connectivity index (χ3n) is 7.10. The Labute approximate surface area is 230 Å². The average Bonchev–Trinajstić information content (AvgIpc) is 3.44. The number of amides is 5. The molecule has 1 N–H and O–H groups in total. The number of likely N-dealkylation sites (tertiary alicyclic amines) is 1. The van der Waals surface area contributed by atoms with Gasteiger partial charge in [-0.3, -0.25) is 34.1 Å². The number of carbonyl (C=O) groups excluding carboxylic acids is 5. The number of hydrogen-bond donors (Lipinski definition) is 1. The molecule has 40 heavy (non-hydrogen) atoms. The van der Waals surface area contributed by atoms with Gasteiger partial charge in [-0.1, -0.05) is 11.3 Å². The Morgan fingerprint density at radius 2 is 1.82 bits per heavy atom. The van der Waals surface area contributed by atoms with E-state index in [0.717, 1.165) is 17.7 Å². The molecule has 0 radical (unpaired) electrons. The molecular formula is C27H32N6O7. The molecule has 0 aliphatic carbocycles. The number of piperidine rings is 2. The molecule has 212 valence electrons. The maximum Gasteiger partial charge on any atom is 0.410 e. The van der Waals surface area contributed by atoms with Gasteiger partial charge in [-0.2, -0.15) is 0 Å². The molecule has 1 atom stereocenters. The minimum absolute atomic E-state index is 0.0213. The van der Waals surface area contributed by atoms with Crippen LogP contribution in [0.2, 0.25) is 0 Å². The van der Waals surface area contributed by atoms with Gasteiger partial charge in [0.25, 0.3) is 11.8 Å². The third-order valence-corrected chi connectivity index (χ3v) is 7.10. The number of aromatic nitrogens is 3. The summed E-state index contributed by atoms with van der Waals surface area (Å²) in [6.45, 7) is 7.45. The normalized spacial score (nSPS) is 20.0. The first-order valence-corrected chi connectivity index (χ1v) is 13.3. The number of imide groups is 2. The summed E-state index contributed by atoms with van der Waals surface area (Å²) in [5.41, 5.74) is 0.250. The number of nitrogens with zero attached hydrogens (tertiary/aromatic N) is 5. The van der Waals surface area contributed by atoms with Crippen LogP contribution in [0.15, 0.2) is 24.4 Å². The fourth-order valence-electron chi connectivity index (χ4n) is 5.14. The second kappa shape index (κ2) is 10.7. The lowest BCUT2D eigenvalue weighted by Crippen LogP contribution is -2.54. The van der Waals surface area contributed by atoms with Gasteiger partial charge in [0.05, 0.1) is 17.3 Å². The molecule has 13 nitrogen and oxygen atoms in total.